The molecule has 0 bridgehead atoms. The summed E-state index contributed by atoms with van der Waals surface area (Å²) < 4.78 is 0. The van der Waals surface area contributed by atoms with Crippen LogP contribution in [0.1, 0.15) is 19.8 Å². The van der Waals surface area contributed by atoms with Gasteiger partial charge in [0.1, 0.15) is 0 Å². The van der Waals surface area contributed by atoms with Crippen molar-refractivity contribution in [3.05, 3.63) is 0 Å². The van der Waals surface area contributed by atoms with Gasteiger partial charge in [0.2, 0.25) is 0 Å². The Labute approximate surface area is 62.6 Å². The van der Waals surface area contributed by atoms with Gasteiger partial charge in [-0.3, -0.25) is 0 Å². The molecule has 56 valence electrons. The highest BCUT2D eigenvalue weighted by molar-refractivity contribution is 7.99. The van der Waals surface area contributed by atoms with Gasteiger partial charge in [0.25, 0.3) is 0 Å². The van der Waals surface area contributed by atoms with Crippen LogP contribution in [0.2, 0.25) is 0 Å². The van der Waals surface area contributed by atoms with Crippen LogP contribution in [0.15, 0.2) is 0 Å². The summed E-state index contributed by atoms with van der Waals surface area (Å²) >= 11 is 2.03. The summed E-state index contributed by atoms with van der Waals surface area (Å²) in [7, 11) is 2.01. The second-order valence-electron chi connectivity index (χ2n) is 2.01. The minimum atomic E-state index is 1.17. The van der Waals surface area contributed by atoms with E-state index >= 15 is 0 Å². The van der Waals surface area contributed by atoms with Crippen LogP contribution < -0.4 is 5.32 Å². The highest BCUT2D eigenvalue weighted by Crippen LogP contribution is 2.01. The molecule has 0 saturated heterocycles. The van der Waals surface area contributed by atoms with Crippen LogP contribution in [0.25, 0.3) is 0 Å². The lowest BCUT2D eigenvalue weighted by Gasteiger charge is -1.97. The Hall–Kier alpha value is 0.310. The zero-order valence-corrected chi connectivity index (χ0v) is 7.26. The van der Waals surface area contributed by atoms with Crippen LogP contribution in [0.5, 0.6) is 0 Å². The molecule has 0 aromatic heterocycles. The number of hydrogen-bond acceptors (Lipinski definition) is 2. The van der Waals surface area contributed by atoms with Crippen LogP contribution in [-0.2, 0) is 0 Å². The molecule has 0 spiro atoms. The van der Waals surface area contributed by atoms with Crippen molar-refractivity contribution in [3.63, 3.8) is 0 Å². The topological polar surface area (TPSA) is 12.0 Å². The summed E-state index contributed by atoms with van der Waals surface area (Å²) in [5.74, 6) is 2.59. The summed E-state index contributed by atoms with van der Waals surface area (Å²) in [6.45, 7) is 3.38. The summed E-state index contributed by atoms with van der Waals surface area (Å²) in [6, 6.07) is 0. The summed E-state index contributed by atoms with van der Waals surface area (Å²) in [5, 5.41) is 3.14. The molecule has 0 aliphatic heterocycles. The molecule has 1 nitrogen and oxygen atoms in total. The normalized spacial score (nSPS) is 10.0. The molecule has 0 radical (unpaired) electrons. The lowest BCUT2D eigenvalue weighted by molar-refractivity contribution is 0.715. The van der Waals surface area contributed by atoms with Gasteiger partial charge in [0, 0.05) is 0 Å². The lowest BCUT2D eigenvalue weighted by atomic mass is 10.3. The Kier molecular flexibility index (Phi) is 8.60. The summed E-state index contributed by atoms with van der Waals surface area (Å²) in [6.07, 6.45) is 2.68. The van der Waals surface area contributed by atoms with Crippen LogP contribution in [0, 0.1) is 0 Å². The van der Waals surface area contributed by atoms with Crippen molar-refractivity contribution >= 4 is 11.8 Å². The lowest BCUT2D eigenvalue weighted by Crippen LogP contribution is -2.07. The maximum absolute atomic E-state index is 3.14. The second kappa shape index (κ2) is 8.31. The highest BCUT2D eigenvalue weighted by Gasteiger charge is 1.85. The molecule has 0 heterocycles. The fourth-order valence-corrected chi connectivity index (χ4v) is 1.35. The van der Waals surface area contributed by atoms with Gasteiger partial charge < -0.3 is 5.32 Å². The van der Waals surface area contributed by atoms with E-state index in [-0.39, 0.29) is 0 Å². The van der Waals surface area contributed by atoms with E-state index in [0.29, 0.717) is 0 Å². The monoisotopic (exact) mass is 147 g/mol. The predicted octanol–water partition coefficient (Wildman–Crippen LogP) is 1.74. The number of thioether (sulfide) groups is 1. The maximum atomic E-state index is 3.14. The molecule has 0 unspecified atom stereocenters. The Morgan fingerprint density at radius 2 is 2.11 bits per heavy atom. The van der Waals surface area contributed by atoms with Gasteiger partial charge in [-0.15, -0.1) is 0 Å². The molecule has 0 fully saturated rings. The number of nitrogens with one attached hydrogen (secondary N) is 1. The van der Waals surface area contributed by atoms with Crippen molar-refractivity contribution in [1.82, 2.24) is 5.32 Å². The van der Waals surface area contributed by atoms with E-state index in [1.54, 1.807) is 0 Å². The summed E-state index contributed by atoms with van der Waals surface area (Å²) in [4.78, 5) is 0. The van der Waals surface area contributed by atoms with Gasteiger partial charge in [0.05, 0.1) is 0 Å². The fraction of sp³-hybridized carbons (Fsp3) is 1.00. The molecule has 0 rings (SSSR count). The van der Waals surface area contributed by atoms with E-state index < -0.39 is 0 Å². The molecule has 0 amide bonds. The first-order valence-corrected chi connectivity index (χ1v) is 4.79. The summed E-state index contributed by atoms with van der Waals surface area (Å²) in [5.41, 5.74) is 0. The van der Waals surface area contributed by atoms with Crippen molar-refractivity contribution < 1.29 is 0 Å². The van der Waals surface area contributed by atoms with Crippen molar-refractivity contribution in [2.45, 2.75) is 19.8 Å². The smallest absolute Gasteiger partial charge is 0.00516 e. The molecule has 0 saturated carbocycles. The first kappa shape index (κ1) is 9.31. The standard InChI is InChI=1S/C7H17NS/c1-3-9-7-5-4-6-8-2/h8H,3-7H2,1-2H3. The maximum Gasteiger partial charge on any atom is -0.00516 e. The van der Waals surface area contributed by atoms with E-state index in [9.17, 15) is 0 Å². The average molecular weight is 147 g/mol. The van der Waals surface area contributed by atoms with E-state index in [1.165, 1.54) is 30.9 Å². The molecular formula is C7H17NS. The van der Waals surface area contributed by atoms with Gasteiger partial charge in [-0.2, -0.15) is 11.8 Å². The largest absolute Gasteiger partial charge is 0.320 e. The molecule has 1 N–H and O–H groups in total. The molecule has 0 aromatic rings. The van der Waals surface area contributed by atoms with E-state index in [0.717, 1.165) is 0 Å². The van der Waals surface area contributed by atoms with Crippen molar-refractivity contribution in [2.24, 2.45) is 0 Å². The fourth-order valence-electron chi connectivity index (χ4n) is 0.650. The number of hydrogen-bond donors (Lipinski definition) is 1. The van der Waals surface area contributed by atoms with Crippen LogP contribution in [0.4, 0.5) is 0 Å². The molecule has 0 atom stereocenters. The van der Waals surface area contributed by atoms with E-state index in [4.69, 9.17) is 0 Å². The molecular weight excluding hydrogens is 130 g/mol. The molecule has 9 heavy (non-hydrogen) atoms. The second-order valence-corrected chi connectivity index (χ2v) is 3.40. The molecule has 0 aromatic carbocycles. The zero-order chi connectivity index (χ0) is 6.95. The first-order valence-electron chi connectivity index (χ1n) is 3.64. The zero-order valence-electron chi connectivity index (χ0n) is 6.44. The SMILES string of the molecule is CCSCCCCNC. The van der Waals surface area contributed by atoms with E-state index in [1.807, 2.05) is 18.8 Å². The van der Waals surface area contributed by atoms with Crippen molar-refractivity contribution in [1.29, 1.82) is 0 Å². The molecule has 0 aliphatic carbocycles. The minimum absolute atomic E-state index is 1.17. The van der Waals surface area contributed by atoms with Gasteiger partial charge in [0.15, 0.2) is 0 Å². The van der Waals surface area contributed by atoms with Crippen molar-refractivity contribution in [3.8, 4) is 0 Å². The predicted molar refractivity (Wildman–Crippen MR) is 46.2 cm³/mol. The van der Waals surface area contributed by atoms with E-state index in [2.05, 4.69) is 12.2 Å². The number of unbranched alkanes of at least 4 members (excludes halogenated alkanes) is 1. The Balaban J connectivity index is 2.60. The molecule has 2 heteroatoms. The third kappa shape index (κ3) is 8.31. The average Bonchev–Trinajstić information content (AvgIpc) is 1.89. The number of rotatable bonds is 6. The van der Waals surface area contributed by atoms with Gasteiger partial charge >= 0.3 is 0 Å². The van der Waals surface area contributed by atoms with Crippen molar-refractivity contribution in [2.75, 3.05) is 25.1 Å². The van der Waals surface area contributed by atoms with Gasteiger partial charge in [-0.25, -0.2) is 0 Å². The Morgan fingerprint density at radius 1 is 1.33 bits per heavy atom. The Morgan fingerprint density at radius 3 is 2.67 bits per heavy atom. The third-order valence-electron chi connectivity index (χ3n) is 1.17. The minimum Gasteiger partial charge on any atom is -0.320 e. The molecule has 0 aliphatic rings. The quantitative estimate of drug-likeness (QED) is 0.574. The first-order chi connectivity index (χ1) is 4.41. The van der Waals surface area contributed by atoms with Crippen LogP contribution in [0.3, 0.4) is 0 Å². The highest BCUT2D eigenvalue weighted by atomic mass is 32.2. The van der Waals surface area contributed by atoms with Crippen LogP contribution in [-0.4, -0.2) is 25.1 Å². The van der Waals surface area contributed by atoms with Gasteiger partial charge in [-0.1, -0.05) is 6.92 Å². The third-order valence-corrected chi connectivity index (χ3v) is 2.16. The van der Waals surface area contributed by atoms with Gasteiger partial charge in [-0.05, 0) is 37.9 Å². The van der Waals surface area contributed by atoms with Crippen LogP contribution >= 0.6 is 11.8 Å². The Bertz CT molecular complexity index is 42.2.